The van der Waals surface area contributed by atoms with E-state index in [0.29, 0.717) is 0 Å². The van der Waals surface area contributed by atoms with Crippen molar-refractivity contribution in [3.8, 4) is 0 Å². The molecule has 2 unspecified atom stereocenters. The lowest BCUT2D eigenvalue weighted by molar-refractivity contribution is -0.143. The summed E-state index contributed by atoms with van der Waals surface area (Å²) in [5.41, 5.74) is 10.6. The molecular weight excluding hydrogens is 412 g/mol. The number of thiazole rings is 1. The van der Waals surface area contributed by atoms with E-state index in [2.05, 4.69) is 15.5 Å². The Bertz CT molecular complexity index is 827. The van der Waals surface area contributed by atoms with Crippen molar-refractivity contribution >= 4 is 55.9 Å². The molecule has 26 heavy (non-hydrogen) atoms. The average molecular weight is 427 g/mol. The van der Waals surface area contributed by atoms with Crippen LogP contribution in [0.4, 0.5) is 5.13 Å². The number of carbonyl (C=O) groups is 2. The van der Waals surface area contributed by atoms with Crippen molar-refractivity contribution in [3.05, 3.63) is 11.1 Å². The summed E-state index contributed by atoms with van der Waals surface area (Å²) in [4.78, 5) is 33.2. The zero-order chi connectivity index (χ0) is 19.5. The van der Waals surface area contributed by atoms with Crippen LogP contribution < -0.4 is 16.8 Å². The van der Waals surface area contributed by atoms with Crippen molar-refractivity contribution in [2.24, 2.45) is 10.9 Å². The number of rotatable bonds is 8. The fourth-order valence-electron chi connectivity index (χ4n) is 2.09. The summed E-state index contributed by atoms with van der Waals surface area (Å²) in [5, 5.41) is 7.56. The number of oxime groups is 1. The van der Waals surface area contributed by atoms with Crippen LogP contribution in [0.1, 0.15) is 5.69 Å². The fraction of sp³-hybridized carbons (Fsp3) is 0.455. The van der Waals surface area contributed by atoms with Crippen LogP contribution in [-0.4, -0.2) is 70.9 Å². The predicted molar refractivity (Wildman–Crippen MR) is 92.9 cm³/mol. The number of carbonyl (C=O) groups excluding carboxylic acids is 2. The number of nitrogens with one attached hydrogen (secondary N) is 1. The van der Waals surface area contributed by atoms with E-state index in [4.69, 9.17) is 32.5 Å². The number of hydrogen-bond acceptors (Lipinski definition) is 10. The third kappa shape index (κ3) is 4.21. The second-order valence-electron chi connectivity index (χ2n) is 4.92. The summed E-state index contributed by atoms with van der Waals surface area (Å²) in [6.07, 6.45) is 0. The largest absolute Gasteiger partial charge is 0.394 e. The maximum atomic E-state index is 12.5. The highest BCUT2D eigenvalue weighted by Crippen LogP contribution is 2.24. The summed E-state index contributed by atoms with van der Waals surface area (Å²) in [6.45, 7) is 0.177. The van der Waals surface area contributed by atoms with Gasteiger partial charge in [0.25, 0.3) is 11.8 Å². The molecule has 2 amide bonds. The van der Waals surface area contributed by atoms with Gasteiger partial charge in [0.15, 0.2) is 10.8 Å². The van der Waals surface area contributed by atoms with Crippen molar-refractivity contribution in [2.45, 2.75) is 12.1 Å². The van der Waals surface area contributed by atoms with Gasteiger partial charge in [-0.2, -0.15) is 8.42 Å². The van der Waals surface area contributed by atoms with E-state index in [9.17, 15) is 18.0 Å². The lowest BCUT2D eigenvalue weighted by Gasteiger charge is -2.43. The van der Waals surface area contributed by atoms with Gasteiger partial charge in [0.05, 0.1) is 6.04 Å². The maximum Gasteiger partial charge on any atom is 0.362 e. The SMILES string of the molecule is NCCO/N=C(\C(=O)NC1C(=O)N(S(=O)(=O)O)C1CCl)c1csc(N)n1. The summed E-state index contributed by atoms with van der Waals surface area (Å²) in [5.74, 6) is -2.24. The van der Waals surface area contributed by atoms with Gasteiger partial charge < -0.3 is 21.6 Å². The van der Waals surface area contributed by atoms with E-state index in [0.717, 1.165) is 11.3 Å². The summed E-state index contributed by atoms with van der Waals surface area (Å²) in [6, 6.07) is -2.41. The monoisotopic (exact) mass is 426 g/mol. The van der Waals surface area contributed by atoms with E-state index < -0.39 is 34.2 Å². The minimum atomic E-state index is -4.78. The number of nitrogen functional groups attached to an aromatic ring is 1. The van der Waals surface area contributed by atoms with Crippen LogP contribution in [0.3, 0.4) is 0 Å². The molecule has 0 saturated carbocycles. The molecule has 2 heterocycles. The van der Waals surface area contributed by atoms with Crippen LogP contribution >= 0.6 is 22.9 Å². The zero-order valence-electron chi connectivity index (χ0n) is 13.0. The Kier molecular flexibility index (Phi) is 6.35. The van der Waals surface area contributed by atoms with E-state index in [1.807, 2.05) is 0 Å². The maximum absolute atomic E-state index is 12.5. The molecule has 1 aliphatic heterocycles. The Morgan fingerprint density at radius 1 is 1.58 bits per heavy atom. The van der Waals surface area contributed by atoms with Crippen LogP contribution in [0, 0.1) is 0 Å². The van der Waals surface area contributed by atoms with Gasteiger partial charge in [-0.1, -0.05) is 5.16 Å². The minimum Gasteiger partial charge on any atom is -0.394 e. The molecule has 2 rings (SSSR count). The quantitative estimate of drug-likeness (QED) is 0.0921. The number of anilines is 1. The lowest BCUT2D eigenvalue weighted by Crippen LogP contribution is -2.73. The van der Waals surface area contributed by atoms with E-state index in [1.54, 1.807) is 0 Å². The highest BCUT2D eigenvalue weighted by Gasteiger charge is 2.53. The van der Waals surface area contributed by atoms with Gasteiger partial charge in [0.2, 0.25) is 0 Å². The topological polar surface area (TPSA) is 190 Å². The number of β-lactam (4-membered cyclic amide) rings is 1. The molecule has 0 spiro atoms. The Balaban J connectivity index is 2.19. The van der Waals surface area contributed by atoms with Crippen molar-refractivity contribution in [1.82, 2.24) is 14.6 Å². The minimum absolute atomic E-state index is 0.0274. The molecule has 1 aromatic rings. The van der Waals surface area contributed by atoms with Crippen LogP contribution in [0.25, 0.3) is 0 Å². The Morgan fingerprint density at radius 2 is 2.27 bits per heavy atom. The zero-order valence-corrected chi connectivity index (χ0v) is 15.4. The smallest absolute Gasteiger partial charge is 0.362 e. The number of alkyl halides is 1. The molecule has 15 heteroatoms. The van der Waals surface area contributed by atoms with Gasteiger partial charge >= 0.3 is 10.3 Å². The molecule has 0 aliphatic carbocycles. The van der Waals surface area contributed by atoms with Crippen LogP contribution in [0.2, 0.25) is 0 Å². The fourth-order valence-corrected chi connectivity index (χ4v) is 3.91. The molecular formula is C11H15ClN6O6S2. The molecule has 0 aromatic carbocycles. The van der Waals surface area contributed by atoms with Crippen molar-refractivity contribution in [2.75, 3.05) is 24.8 Å². The van der Waals surface area contributed by atoms with Crippen LogP contribution in [0.5, 0.6) is 0 Å². The molecule has 1 saturated heterocycles. The Labute approximate surface area is 157 Å². The van der Waals surface area contributed by atoms with Gasteiger partial charge in [0, 0.05) is 17.8 Å². The van der Waals surface area contributed by atoms with Gasteiger partial charge in [-0.05, 0) is 0 Å². The molecule has 144 valence electrons. The summed E-state index contributed by atoms with van der Waals surface area (Å²) >= 11 is 6.69. The van der Waals surface area contributed by atoms with E-state index >= 15 is 0 Å². The molecule has 2 atom stereocenters. The highest BCUT2D eigenvalue weighted by atomic mass is 35.5. The lowest BCUT2D eigenvalue weighted by atomic mass is 10.0. The first-order chi connectivity index (χ1) is 12.2. The molecule has 1 fully saturated rings. The standard InChI is InChI=1S/C11H15ClN6O6S2/c12-3-6-8(10(20)18(6)26(21,22)23)16-9(19)7(17-24-2-1-13)5-4-25-11(14)15-5/h4,6,8H,1-3,13H2,(H2,14,15)(H,16,19)(H,21,22,23)/b17-7-. The first-order valence-corrected chi connectivity index (χ1v) is 9.80. The van der Waals surface area contributed by atoms with Crippen molar-refractivity contribution in [3.63, 3.8) is 0 Å². The predicted octanol–water partition coefficient (Wildman–Crippen LogP) is -1.86. The highest BCUT2D eigenvalue weighted by molar-refractivity contribution is 7.84. The average Bonchev–Trinajstić information content (AvgIpc) is 2.98. The third-order valence-electron chi connectivity index (χ3n) is 3.21. The van der Waals surface area contributed by atoms with E-state index in [-0.39, 0.29) is 39.9 Å². The Hall–Kier alpha value is -2.00. The Morgan fingerprint density at radius 3 is 2.77 bits per heavy atom. The number of amides is 2. The van der Waals surface area contributed by atoms with Crippen molar-refractivity contribution in [1.29, 1.82) is 0 Å². The molecule has 1 aromatic heterocycles. The number of hydrogen-bond donors (Lipinski definition) is 4. The normalized spacial score (nSPS) is 20.7. The van der Waals surface area contributed by atoms with Gasteiger partial charge in [-0.3, -0.25) is 14.1 Å². The molecule has 0 bridgehead atoms. The van der Waals surface area contributed by atoms with Crippen molar-refractivity contribution < 1.29 is 27.4 Å². The first kappa shape index (κ1) is 20.3. The van der Waals surface area contributed by atoms with E-state index in [1.165, 1.54) is 5.38 Å². The van der Waals surface area contributed by atoms with Gasteiger partial charge in [0.1, 0.15) is 18.3 Å². The van der Waals surface area contributed by atoms with Crippen LogP contribution in [0.15, 0.2) is 10.5 Å². The second kappa shape index (κ2) is 8.13. The number of halogens is 1. The molecule has 12 nitrogen and oxygen atoms in total. The summed E-state index contributed by atoms with van der Waals surface area (Å²) in [7, 11) is -4.78. The molecule has 6 N–H and O–H groups in total. The van der Waals surface area contributed by atoms with Gasteiger partial charge in [-0.25, -0.2) is 9.29 Å². The first-order valence-electron chi connectivity index (χ1n) is 6.99. The third-order valence-corrected chi connectivity index (χ3v) is 5.15. The number of aromatic nitrogens is 1. The number of nitrogens with zero attached hydrogens (tertiary/aromatic N) is 3. The second-order valence-corrected chi connectivity index (χ2v) is 7.40. The molecule has 0 radical (unpaired) electrons. The summed E-state index contributed by atoms with van der Waals surface area (Å²) < 4.78 is 31.5. The molecule has 1 aliphatic rings. The number of nitrogens with two attached hydrogens (primary N) is 2. The van der Waals surface area contributed by atoms with Crippen LogP contribution in [-0.2, 0) is 24.7 Å². The van der Waals surface area contributed by atoms with Gasteiger partial charge in [-0.15, -0.1) is 22.9 Å².